The van der Waals surface area contributed by atoms with Crippen molar-refractivity contribution in [3.63, 3.8) is 0 Å². The summed E-state index contributed by atoms with van der Waals surface area (Å²) in [5, 5.41) is 2.63. The summed E-state index contributed by atoms with van der Waals surface area (Å²) in [6, 6.07) is 10.2. The fraction of sp³-hybridized carbons (Fsp3) is 0.250. The second-order valence-electron chi connectivity index (χ2n) is 6.89. The number of aliphatic imine (C=N–C) groups is 1. The number of carbonyl (C=O) groups is 2. The van der Waals surface area contributed by atoms with Gasteiger partial charge in [0.05, 0.1) is 4.90 Å². The maximum Gasteiger partial charge on any atom is 0.331 e. The van der Waals surface area contributed by atoms with Crippen LogP contribution in [0.1, 0.15) is 19.4 Å². The summed E-state index contributed by atoms with van der Waals surface area (Å²) in [6.45, 7) is 2.99. The quantitative estimate of drug-likeness (QED) is 0.665. The van der Waals surface area contributed by atoms with E-state index in [-0.39, 0.29) is 17.5 Å². The summed E-state index contributed by atoms with van der Waals surface area (Å²) >= 11 is 0. The maximum absolute atomic E-state index is 12.4. The number of ether oxygens (including phenoxy) is 3. The predicted octanol–water partition coefficient (Wildman–Crippen LogP) is 1.41. The lowest BCUT2D eigenvalue weighted by atomic mass is 10.2. The van der Waals surface area contributed by atoms with Crippen molar-refractivity contribution in [1.29, 1.82) is 0 Å². The fourth-order valence-corrected chi connectivity index (χ4v) is 4.26. The van der Waals surface area contributed by atoms with Crippen LogP contribution in [0.2, 0.25) is 0 Å². The molecule has 0 saturated carbocycles. The Balaban J connectivity index is 1.40. The normalized spacial score (nSPS) is 18.6. The molecule has 0 bridgehead atoms. The number of amidine groups is 1. The second kappa shape index (κ2) is 7.91. The number of rotatable bonds is 5. The first-order valence-electron chi connectivity index (χ1n) is 9.35. The average molecular weight is 445 g/mol. The molecular formula is C20H19N3O7S. The molecule has 0 spiro atoms. The van der Waals surface area contributed by atoms with Gasteiger partial charge in [0.15, 0.2) is 17.6 Å². The third-order valence-corrected chi connectivity index (χ3v) is 6.03. The number of anilines is 1. The van der Waals surface area contributed by atoms with Gasteiger partial charge in [0.25, 0.3) is 15.9 Å². The van der Waals surface area contributed by atoms with Crippen molar-refractivity contribution in [1.82, 2.24) is 4.72 Å². The number of sulfonamides is 1. The van der Waals surface area contributed by atoms with Crippen LogP contribution in [0.3, 0.4) is 0 Å². The Morgan fingerprint density at radius 2 is 1.87 bits per heavy atom. The lowest BCUT2D eigenvalue weighted by Gasteiger charge is -2.15. The van der Waals surface area contributed by atoms with Crippen molar-refractivity contribution < 1.29 is 32.2 Å². The smallest absolute Gasteiger partial charge is 0.331 e. The molecule has 4 rings (SSSR count). The van der Waals surface area contributed by atoms with Crippen LogP contribution in [0.25, 0.3) is 0 Å². The Morgan fingerprint density at radius 3 is 2.68 bits per heavy atom. The van der Waals surface area contributed by atoms with Crippen LogP contribution >= 0.6 is 0 Å². The molecule has 31 heavy (non-hydrogen) atoms. The van der Waals surface area contributed by atoms with Gasteiger partial charge in [-0.3, -0.25) is 14.5 Å². The van der Waals surface area contributed by atoms with Gasteiger partial charge in [-0.05, 0) is 38.1 Å². The van der Waals surface area contributed by atoms with E-state index in [1.54, 1.807) is 36.4 Å². The third kappa shape index (κ3) is 4.17. The van der Waals surface area contributed by atoms with Gasteiger partial charge in [0.1, 0.15) is 11.9 Å². The van der Waals surface area contributed by atoms with E-state index >= 15 is 0 Å². The molecule has 1 amide bonds. The first kappa shape index (κ1) is 20.7. The molecule has 0 aliphatic carbocycles. The van der Waals surface area contributed by atoms with Gasteiger partial charge in [-0.15, -0.1) is 0 Å². The van der Waals surface area contributed by atoms with Gasteiger partial charge in [-0.25, -0.2) is 13.2 Å². The van der Waals surface area contributed by atoms with Crippen molar-refractivity contribution in [2.75, 3.05) is 12.1 Å². The Kier molecular flexibility index (Phi) is 5.27. The SMILES string of the molecule is C[C@H](OC(=O)[C@@H](C)N=C1NS(=O)(=O)c2ccccc21)C(=O)Nc1ccc2c(c1)OCO2. The molecule has 2 aliphatic heterocycles. The number of amides is 1. The van der Waals surface area contributed by atoms with Crippen LogP contribution in [0.15, 0.2) is 52.4 Å². The largest absolute Gasteiger partial charge is 0.454 e. The monoisotopic (exact) mass is 445 g/mol. The van der Waals surface area contributed by atoms with Crippen LogP contribution in [0.5, 0.6) is 11.5 Å². The van der Waals surface area contributed by atoms with E-state index in [2.05, 4.69) is 15.0 Å². The van der Waals surface area contributed by atoms with Crippen LogP contribution < -0.4 is 19.5 Å². The molecule has 2 N–H and O–H groups in total. The number of esters is 1. The number of nitrogens with one attached hydrogen (secondary N) is 2. The summed E-state index contributed by atoms with van der Waals surface area (Å²) in [5.41, 5.74) is 0.832. The molecule has 2 aromatic rings. The van der Waals surface area contributed by atoms with Crippen LogP contribution in [-0.4, -0.2) is 45.1 Å². The van der Waals surface area contributed by atoms with E-state index in [1.165, 1.54) is 19.9 Å². The molecule has 2 atom stereocenters. The minimum absolute atomic E-state index is 0.0533. The molecule has 2 aromatic carbocycles. The zero-order valence-corrected chi connectivity index (χ0v) is 17.4. The molecule has 2 aliphatic rings. The number of carbonyl (C=O) groups excluding carboxylic acids is 2. The van der Waals surface area contributed by atoms with E-state index < -0.39 is 34.0 Å². The van der Waals surface area contributed by atoms with E-state index in [1.807, 2.05) is 0 Å². The third-order valence-electron chi connectivity index (χ3n) is 4.63. The molecule has 0 radical (unpaired) electrons. The molecule has 0 saturated heterocycles. The number of nitrogens with zero attached hydrogens (tertiary/aromatic N) is 1. The van der Waals surface area contributed by atoms with E-state index in [0.717, 1.165) is 0 Å². The van der Waals surface area contributed by atoms with E-state index in [4.69, 9.17) is 14.2 Å². The summed E-state index contributed by atoms with van der Waals surface area (Å²) in [4.78, 5) is 29.0. The van der Waals surface area contributed by atoms with Gasteiger partial charge >= 0.3 is 5.97 Å². The van der Waals surface area contributed by atoms with Crippen LogP contribution in [0, 0.1) is 0 Å². The summed E-state index contributed by atoms with van der Waals surface area (Å²) in [5.74, 6) is -0.179. The number of hydrogen-bond donors (Lipinski definition) is 2. The Bertz CT molecular complexity index is 1190. The Morgan fingerprint density at radius 1 is 1.13 bits per heavy atom. The number of benzene rings is 2. The molecule has 0 unspecified atom stereocenters. The molecule has 2 heterocycles. The van der Waals surface area contributed by atoms with Crippen LogP contribution in [0.4, 0.5) is 5.69 Å². The number of fused-ring (bicyclic) bond motifs is 2. The van der Waals surface area contributed by atoms with Gasteiger partial charge in [0, 0.05) is 17.3 Å². The van der Waals surface area contributed by atoms with Crippen molar-refractivity contribution in [2.45, 2.75) is 30.9 Å². The first-order chi connectivity index (χ1) is 14.7. The topological polar surface area (TPSA) is 132 Å². The minimum atomic E-state index is -3.72. The summed E-state index contributed by atoms with van der Waals surface area (Å²) < 4.78 is 42.3. The van der Waals surface area contributed by atoms with Gasteiger partial charge in [0.2, 0.25) is 6.79 Å². The number of hydrogen-bond acceptors (Lipinski definition) is 8. The van der Waals surface area contributed by atoms with Crippen molar-refractivity contribution in [3.8, 4) is 11.5 Å². The first-order valence-corrected chi connectivity index (χ1v) is 10.8. The highest BCUT2D eigenvalue weighted by molar-refractivity contribution is 7.90. The molecule has 10 nitrogen and oxygen atoms in total. The van der Waals surface area contributed by atoms with Gasteiger partial charge in [-0.2, -0.15) is 0 Å². The lowest BCUT2D eigenvalue weighted by molar-refractivity contribution is -0.153. The average Bonchev–Trinajstić information content (AvgIpc) is 3.30. The summed E-state index contributed by atoms with van der Waals surface area (Å²) in [7, 11) is -3.72. The zero-order chi connectivity index (χ0) is 22.2. The maximum atomic E-state index is 12.4. The highest BCUT2D eigenvalue weighted by Crippen LogP contribution is 2.34. The molecule has 162 valence electrons. The highest BCUT2D eigenvalue weighted by Gasteiger charge is 2.31. The van der Waals surface area contributed by atoms with Crippen LogP contribution in [-0.2, 0) is 24.3 Å². The lowest BCUT2D eigenvalue weighted by Crippen LogP contribution is -2.33. The molecule has 11 heteroatoms. The molecule has 0 fully saturated rings. The summed E-state index contributed by atoms with van der Waals surface area (Å²) in [6.07, 6.45) is -1.10. The van der Waals surface area contributed by atoms with E-state index in [9.17, 15) is 18.0 Å². The van der Waals surface area contributed by atoms with Crippen molar-refractivity contribution in [3.05, 3.63) is 48.0 Å². The fourth-order valence-electron chi connectivity index (χ4n) is 3.02. The molecule has 0 aromatic heterocycles. The van der Waals surface area contributed by atoms with Crippen molar-refractivity contribution >= 4 is 33.4 Å². The Labute approximate surface area is 178 Å². The molecular weight excluding hydrogens is 426 g/mol. The van der Waals surface area contributed by atoms with Crippen molar-refractivity contribution in [2.24, 2.45) is 4.99 Å². The van der Waals surface area contributed by atoms with Gasteiger partial charge < -0.3 is 19.5 Å². The Hall–Kier alpha value is -3.60. The van der Waals surface area contributed by atoms with E-state index in [0.29, 0.717) is 22.7 Å². The van der Waals surface area contributed by atoms with Gasteiger partial charge in [-0.1, -0.05) is 12.1 Å². The standard InChI is InChI=1S/C20H19N3O7S/c1-11(21-18-14-5-3-4-6-17(14)31(26,27)23-18)20(25)30-12(2)19(24)22-13-7-8-15-16(9-13)29-10-28-15/h3-9,11-12H,10H2,1-2H3,(H,21,23)(H,22,24)/t11-,12+/m1/s1. The second-order valence-corrected chi connectivity index (χ2v) is 8.54. The predicted molar refractivity (Wildman–Crippen MR) is 110 cm³/mol. The highest BCUT2D eigenvalue weighted by atomic mass is 32.2. The minimum Gasteiger partial charge on any atom is -0.454 e. The zero-order valence-electron chi connectivity index (χ0n) is 16.6.